The molecule has 0 amide bonds. The minimum absolute atomic E-state index is 0.562. The third-order valence-corrected chi connectivity index (χ3v) is 4.41. The Labute approximate surface area is 138 Å². The Bertz CT molecular complexity index is 1010. The molecule has 0 atom stereocenters. The number of aryl methyl sites for hydroxylation is 1. The number of nitrogens with zero attached hydrogens (tertiary/aromatic N) is 5. The van der Waals surface area contributed by atoms with Gasteiger partial charge < -0.3 is 10.3 Å². The van der Waals surface area contributed by atoms with Crippen molar-refractivity contribution in [1.82, 2.24) is 29.7 Å². The van der Waals surface area contributed by atoms with E-state index in [1.54, 1.807) is 4.68 Å². The van der Waals surface area contributed by atoms with Gasteiger partial charge in [-0.2, -0.15) is 5.10 Å². The number of rotatable bonds is 4. The lowest BCUT2D eigenvalue weighted by Crippen LogP contribution is -2.02. The van der Waals surface area contributed by atoms with Gasteiger partial charge in [0.05, 0.1) is 23.3 Å². The summed E-state index contributed by atoms with van der Waals surface area (Å²) in [6.07, 6.45) is 4.32. The fourth-order valence-electron chi connectivity index (χ4n) is 2.98. The summed E-state index contributed by atoms with van der Waals surface area (Å²) in [5, 5.41) is 7.84. The molecule has 0 saturated heterocycles. The highest BCUT2D eigenvalue weighted by atomic mass is 15.3. The van der Waals surface area contributed by atoms with Crippen LogP contribution in [0.25, 0.3) is 22.2 Å². The quantitative estimate of drug-likeness (QED) is 0.604. The summed E-state index contributed by atoms with van der Waals surface area (Å²) in [7, 11) is 1.90. The standard InChI is InChI=1S/C17H17N7/c1-24-17-15(18-8-13(22-17)10-6-7-10)16(23-24)19-9-14-20-11-4-2-3-5-12(11)21-14/h2-5,8,10H,6-7,9H2,1H3,(H,19,23)(H,20,21). The number of anilines is 1. The lowest BCUT2D eigenvalue weighted by molar-refractivity contribution is 0.781. The summed E-state index contributed by atoms with van der Waals surface area (Å²) in [5.74, 6) is 2.20. The van der Waals surface area contributed by atoms with Gasteiger partial charge in [-0.15, -0.1) is 0 Å². The molecule has 1 aliphatic rings. The highest BCUT2D eigenvalue weighted by Gasteiger charge is 2.26. The zero-order valence-electron chi connectivity index (χ0n) is 13.3. The van der Waals surface area contributed by atoms with Crippen LogP contribution >= 0.6 is 0 Å². The lowest BCUT2D eigenvalue weighted by atomic mass is 10.3. The number of imidazole rings is 1. The van der Waals surface area contributed by atoms with Crippen LogP contribution in [-0.4, -0.2) is 29.7 Å². The number of fused-ring (bicyclic) bond motifs is 2. The van der Waals surface area contributed by atoms with Crippen molar-refractivity contribution in [3.63, 3.8) is 0 Å². The number of hydrogen-bond acceptors (Lipinski definition) is 5. The van der Waals surface area contributed by atoms with Gasteiger partial charge in [-0.05, 0) is 25.0 Å². The van der Waals surface area contributed by atoms with Gasteiger partial charge in [-0.1, -0.05) is 12.1 Å². The Morgan fingerprint density at radius 1 is 1.25 bits per heavy atom. The molecule has 1 aromatic carbocycles. The first-order valence-electron chi connectivity index (χ1n) is 8.15. The van der Waals surface area contributed by atoms with Crippen LogP contribution in [0.1, 0.15) is 30.3 Å². The van der Waals surface area contributed by atoms with Gasteiger partial charge >= 0.3 is 0 Å². The molecule has 4 aromatic rings. The van der Waals surface area contributed by atoms with Gasteiger partial charge in [0, 0.05) is 19.2 Å². The van der Waals surface area contributed by atoms with E-state index in [2.05, 4.69) is 25.4 Å². The summed E-state index contributed by atoms with van der Waals surface area (Å²) >= 11 is 0. The highest BCUT2D eigenvalue weighted by molar-refractivity contribution is 5.83. The molecule has 0 radical (unpaired) electrons. The molecular weight excluding hydrogens is 302 g/mol. The normalized spacial score (nSPS) is 14.5. The first-order chi connectivity index (χ1) is 11.8. The monoisotopic (exact) mass is 319 g/mol. The van der Waals surface area contributed by atoms with Crippen molar-refractivity contribution in [3.8, 4) is 0 Å². The van der Waals surface area contributed by atoms with E-state index in [0.717, 1.165) is 39.5 Å². The minimum atomic E-state index is 0.562. The molecular formula is C17H17N7. The molecule has 3 aromatic heterocycles. The fraction of sp³-hybridized carbons (Fsp3) is 0.294. The van der Waals surface area contributed by atoms with E-state index in [4.69, 9.17) is 4.98 Å². The summed E-state index contributed by atoms with van der Waals surface area (Å²) in [6.45, 7) is 0.562. The fourth-order valence-corrected chi connectivity index (χ4v) is 2.98. The molecule has 2 N–H and O–H groups in total. The molecule has 5 rings (SSSR count). The van der Waals surface area contributed by atoms with Crippen molar-refractivity contribution < 1.29 is 0 Å². The van der Waals surface area contributed by atoms with Crippen LogP contribution in [-0.2, 0) is 13.6 Å². The molecule has 1 fully saturated rings. The van der Waals surface area contributed by atoms with Gasteiger partial charge in [0.25, 0.3) is 0 Å². The molecule has 1 saturated carbocycles. The molecule has 1 aliphatic carbocycles. The zero-order valence-corrected chi connectivity index (χ0v) is 13.3. The second kappa shape index (κ2) is 5.02. The molecule has 0 spiro atoms. The van der Waals surface area contributed by atoms with Crippen LogP contribution < -0.4 is 5.32 Å². The van der Waals surface area contributed by atoms with E-state index in [1.165, 1.54) is 12.8 Å². The number of hydrogen-bond donors (Lipinski definition) is 2. The zero-order chi connectivity index (χ0) is 16.1. The summed E-state index contributed by atoms with van der Waals surface area (Å²) in [5.41, 5.74) is 4.71. The predicted molar refractivity (Wildman–Crippen MR) is 91.7 cm³/mol. The maximum Gasteiger partial charge on any atom is 0.179 e. The van der Waals surface area contributed by atoms with Crippen molar-refractivity contribution in [3.05, 3.63) is 42.0 Å². The van der Waals surface area contributed by atoms with Crippen molar-refractivity contribution >= 4 is 28.0 Å². The number of aromatic amines is 1. The van der Waals surface area contributed by atoms with E-state index in [1.807, 2.05) is 37.5 Å². The predicted octanol–water partition coefficient (Wildman–Crippen LogP) is 2.73. The lowest BCUT2D eigenvalue weighted by Gasteiger charge is -2.00. The number of aromatic nitrogens is 6. The Balaban J connectivity index is 1.43. The molecule has 3 heterocycles. The topological polar surface area (TPSA) is 84.3 Å². The average molecular weight is 319 g/mol. The molecule has 7 nitrogen and oxygen atoms in total. The Kier molecular flexibility index (Phi) is 2.82. The van der Waals surface area contributed by atoms with Crippen LogP contribution in [0.4, 0.5) is 5.82 Å². The van der Waals surface area contributed by atoms with Crippen LogP contribution in [0.3, 0.4) is 0 Å². The van der Waals surface area contributed by atoms with Gasteiger partial charge in [-0.25, -0.2) is 19.6 Å². The Hall–Kier alpha value is -2.96. The van der Waals surface area contributed by atoms with Crippen molar-refractivity contribution in [2.45, 2.75) is 25.3 Å². The molecule has 0 aliphatic heterocycles. The van der Waals surface area contributed by atoms with Crippen LogP contribution in [0.5, 0.6) is 0 Å². The van der Waals surface area contributed by atoms with E-state index < -0.39 is 0 Å². The first-order valence-corrected chi connectivity index (χ1v) is 8.15. The van der Waals surface area contributed by atoms with Crippen LogP contribution in [0.15, 0.2) is 30.5 Å². The maximum atomic E-state index is 4.72. The number of benzene rings is 1. The average Bonchev–Trinajstić information content (AvgIpc) is 3.29. The third kappa shape index (κ3) is 2.20. The number of nitrogens with one attached hydrogen (secondary N) is 2. The molecule has 24 heavy (non-hydrogen) atoms. The summed E-state index contributed by atoms with van der Waals surface area (Å²) in [4.78, 5) is 17.2. The number of para-hydroxylation sites is 2. The van der Waals surface area contributed by atoms with Gasteiger partial charge in [0.1, 0.15) is 5.82 Å². The highest BCUT2D eigenvalue weighted by Crippen LogP contribution is 2.39. The van der Waals surface area contributed by atoms with E-state index in [-0.39, 0.29) is 0 Å². The van der Waals surface area contributed by atoms with Gasteiger partial charge in [0.2, 0.25) is 0 Å². The van der Waals surface area contributed by atoms with Gasteiger partial charge in [0.15, 0.2) is 17.0 Å². The molecule has 0 unspecified atom stereocenters. The van der Waals surface area contributed by atoms with E-state index >= 15 is 0 Å². The number of H-pyrrole nitrogens is 1. The summed E-state index contributed by atoms with van der Waals surface area (Å²) < 4.78 is 1.79. The Morgan fingerprint density at radius 2 is 2.12 bits per heavy atom. The molecule has 120 valence electrons. The van der Waals surface area contributed by atoms with Crippen LogP contribution in [0.2, 0.25) is 0 Å². The second-order valence-electron chi connectivity index (χ2n) is 6.27. The summed E-state index contributed by atoms with van der Waals surface area (Å²) in [6, 6.07) is 8.00. The van der Waals surface area contributed by atoms with Crippen molar-refractivity contribution in [1.29, 1.82) is 0 Å². The molecule has 7 heteroatoms. The Morgan fingerprint density at radius 3 is 2.96 bits per heavy atom. The largest absolute Gasteiger partial charge is 0.360 e. The van der Waals surface area contributed by atoms with Crippen LogP contribution in [0, 0.1) is 0 Å². The van der Waals surface area contributed by atoms with E-state index in [0.29, 0.717) is 12.5 Å². The van der Waals surface area contributed by atoms with E-state index in [9.17, 15) is 0 Å². The van der Waals surface area contributed by atoms with Crippen molar-refractivity contribution in [2.24, 2.45) is 7.05 Å². The smallest absolute Gasteiger partial charge is 0.179 e. The SMILES string of the molecule is Cn1nc(NCc2nc3ccccc3[nH]2)c2ncc(C3CC3)nc21. The molecule has 0 bridgehead atoms. The second-order valence-corrected chi connectivity index (χ2v) is 6.27. The first kappa shape index (κ1) is 13.5. The van der Waals surface area contributed by atoms with Gasteiger partial charge in [-0.3, -0.25) is 0 Å². The van der Waals surface area contributed by atoms with Crippen molar-refractivity contribution in [2.75, 3.05) is 5.32 Å². The minimum Gasteiger partial charge on any atom is -0.360 e. The maximum absolute atomic E-state index is 4.72. The third-order valence-electron chi connectivity index (χ3n) is 4.41.